The van der Waals surface area contributed by atoms with Gasteiger partial charge in [0.2, 0.25) is 0 Å². The van der Waals surface area contributed by atoms with Crippen LogP contribution in [0.4, 0.5) is 4.79 Å². The fourth-order valence-electron chi connectivity index (χ4n) is 1.42. The van der Waals surface area contributed by atoms with Crippen LogP contribution >= 0.6 is 0 Å². The zero-order chi connectivity index (χ0) is 10.4. The Morgan fingerprint density at radius 1 is 1.36 bits per heavy atom. The van der Waals surface area contributed by atoms with E-state index >= 15 is 0 Å². The molecule has 1 heterocycles. The summed E-state index contributed by atoms with van der Waals surface area (Å²) in [5, 5.41) is 10.5. The van der Waals surface area contributed by atoms with Gasteiger partial charge in [0.15, 0.2) is 0 Å². The maximum Gasteiger partial charge on any atom is 0.402 e. The fraction of sp³-hybridized carbons (Fsp3) is 0.300. The molecule has 0 unspecified atom stereocenters. The summed E-state index contributed by atoms with van der Waals surface area (Å²) >= 11 is 0. The molecule has 2 rings (SSSR count). The maximum absolute atomic E-state index is 8.78. The number of rotatable bonds is 0. The smallest absolute Gasteiger partial charge is 0.402 e. The summed E-state index contributed by atoms with van der Waals surface area (Å²) in [6, 6.07) is 8.63. The molecule has 14 heavy (non-hydrogen) atoms. The zero-order valence-electron chi connectivity index (χ0n) is 7.86. The predicted molar refractivity (Wildman–Crippen MR) is 54.1 cm³/mol. The van der Waals surface area contributed by atoms with Crippen molar-refractivity contribution in [3.63, 3.8) is 0 Å². The highest BCUT2D eigenvalue weighted by Crippen LogP contribution is 2.11. The van der Waals surface area contributed by atoms with Crippen LogP contribution in [0.5, 0.6) is 0 Å². The lowest BCUT2D eigenvalue weighted by molar-refractivity contribution is 0.205. The molecule has 0 fully saturated rings. The monoisotopic (exact) mass is 194 g/mol. The van der Waals surface area contributed by atoms with Crippen molar-refractivity contribution in [2.45, 2.75) is 13.0 Å². The quantitative estimate of drug-likeness (QED) is 0.575. The van der Waals surface area contributed by atoms with Crippen molar-refractivity contribution >= 4 is 6.09 Å². The third-order valence-corrected chi connectivity index (χ3v) is 2.00. The van der Waals surface area contributed by atoms with Crippen LogP contribution in [0.3, 0.4) is 0 Å². The van der Waals surface area contributed by atoms with Gasteiger partial charge in [-0.1, -0.05) is 24.3 Å². The summed E-state index contributed by atoms with van der Waals surface area (Å²) in [4.78, 5) is 8.78. The standard InChI is InChI=1S/C9H11N.CH3NO2/c1-2-4-9-7-10-6-5-8(9)3-1;2-1(3)4/h1-4,10H,5-7H2;2H2,(H,3,4). The number of benzene rings is 1. The largest absolute Gasteiger partial charge is 0.465 e. The average molecular weight is 194 g/mol. The Bertz CT molecular complexity index is 284. The van der Waals surface area contributed by atoms with Gasteiger partial charge in [-0.25, -0.2) is 4.79 Å². The van der Waals surface area contributed by atoms with Crippen molar-refractivity contribution in [3.05, 3.63) is 35.4 Å². The molecule has 0 radical (unpaired) electrons. The van der Waals surface area contributed by atoms with E-state index in [1.54, 1.807) is 0 Å². The highest BCUT2D eigenvalue weighted by Gasteiger charge is 2.05. The Labute approximate surface area is 82.7 Å². The van der Waals surface area contributed by atoms with Gasteiger partial charge in [0, 0.05) is 6.54 Å². The normalized spacial score (nSPS) is 13.4. The molecule has 1 amide bonds. The van der Waals surface area contributed by atoms with Gasteiger partial charge in [-0.3, -0.25) is 0 Å². The van der Waals surface area contributed by atoms with Gasteiger partial charge in [-0.15, -0.1) is 0 Å². The Balaban J connectivity index is 0.000000213. The molecule has 4 N–H and O–H groups in total. The number of primary amides is 1. The lowest BCUT2D eigenvalue weighted by Gasteiger charge is -2.15. The van der Waals surface area contributed by atoms with E-state index in [2.05, 4.69) is 35.3 Å². The Morgan fingerprint density at radius 3 is 2.50 bits per heavy atom. The second-order valence-electron chi connectivity index (χ2n) is 3.03. The third kappa shape index (κ3) is 3.45. The van der Waals surface area contributed by atoms with Gasteiger partial charge in [0.25, 0.3) is 0 Å². The Kier molecular flexibility index (Phi) is 3.94. The lowest BCUT2D eigenvalue weighted by Crippen LogP contribution is -2.23. The van der Waals surface area contributed by atoms with E-state index in [1.807, 2.05) is 0 Å². The minimum atomic E-state index is -1.33. The second kappa shape index (κ2) is 5.24. The van der Waals surface area contributed by atoms with Crippen LogP contribution in [0, 0.1) is 0 Å². The van der Waals surface area contributed by atoms with E-state index in [0.717, 1.165) is 13.1 Å². The van der Waals surface area contributed by atoms with E-state index < -0.39 is 6.09 Å². The van der Waals surface area contributed by atoms with Gasteiger partial charge in [-0.2, -0.15) is 0 Å². The first-order valence-corrected chi connectivity index (χ1v) is 4.46. The van der Waals surface area contributed by atoms with Gasteiger partial charge in [-0.05, 0) is 24.1 Å². The topological polar surface area (TPSA) is 75.4 Å². The van der Waals surface area contributed by atoms with Crippen molar-refractivity contribution < 1.29 is 9.90 Å². The average Bonchev–Trinajstić information content (AvgIpc) is 2.17. The minimum Gasteiger partial charge on any atom is -0.465 e. The van der Waals surface area contributed by atoms with Crippen LogP contribution < -0.4 is 11.1 Å². The van der Waals surface area contributed by atoms with Crippen molar-refractivity contribution in [2.75, 3.05) is 6.54 Å². The summed E-state index contributed by atoms with van der Waals surface area (Å²) in [6.45, 7) is 2.19. The molecule has 0 aromatic heterocycles. The van der Waals surface area contributed by atoms with Crippen LogP contribution in [0.1, 0.15) is 11.1 Å². The number of amides is 1. The maximum atomic E-state index is 8.78. The molecule has 1 aromatic rings. The second-order valence-corrected chi connectivity index (χ2v) is 3.03. The molecule has 4 heteroatoms. The molecular weight excluding hydrogens is 180 g/mol. The molecule has 0 atom stereocenters. The van der Waals surface area contributed by atoms with Crippen LogP contribution in [0.25, 0.3) is 0 Å². The Morgan fingerprint density at radius 2 is 1.93 bits per heavy atom. The van der Waals surface area contributed by atoms with Crippen molar-refractivity contribution in [1.82, 2.24) is 5.32 Å². The molecule has 1 aliphatic rings. The number of nitrogens with one attached hydrogen (secondary N) is 1. The van der Waals surface area contributed by atoms with Crippen molar-refractivity contribution in [3.8, 4) is 0 Å². The number of carboxylic acid groups (broad SMARTS) is 1. The molecule has 0 spiro atoms. The highest BCUT2D eigenvalue weighted by atomic mass is 16.4. The molecule has 4 nitrogen and oxygen atoms in total. The Hall–Kier alpha value is -1.55. The summed E-state index contributed by atoms with van der Waals surface area (Å²) in [7, 11) is 0. The van der Waals surface area contributed by atoms with Gasteiger partial charge in [0.05, 0.1) is 0 Å². The SMILES string of the molecule is NC(=O)O.c1ccc2c(c1)CCNC2. The first-order valence-electron chi connectivity index (χ1n) is 4.46. The lowest BCUT2D eigenvalue weighted by atomic mass is 10.0. The van der Waals surface area contributed by atoms with Crippen molar-refractivity contribution in [2.24, 2.45) is 5.73 Å². The van der Waals surface area contributed by atoms with Gasteiger partial charge >= 0.3 is 6.09 Å². The molecular formula is C10H14N2O2. The predicted octanol–water partition coefficient (Wildman–Crippen LogP) is 0.955. The van der Waals surface area contributed by atoms with E-state index in [9.17, 15) is 0 Å². The van der Waals surface area contributed by atoms with Crippen molar-refractivity contribution in [1.29, 1.82) is 0 Å². The van der Waals surface area contributed by atoms with Crippen LogP contribution in [0.15, 0.2) is 24.3 Å². The molecule has 76 valence electrons. The van der Waals surface area contributed by atoms with Crippen LogP contribution in [0.2, 0.25) is 0 Å². The number of hydrogen-bond donors (Lipinski definition) is 3. The van der Waals surface area contributed by atoms with Gasteiger partial charge in [0.1, 0.15) is 0 Å². The summed E-state index contributed by atoms with van der Waals surface area (Å²) in [6.07, 6.45) is -0.143. The third-order valence-electron chi connectivity index (χ3n) is 2.00. The molecule has 0 saturated carbocycles. The van der Waals surface area contributed by atoms with Crippen LogP contribution in [-0.2, 0) is 13.0 Å². The van der Waals surface area contributed by atoms with E-state index in [-0.39, 0.29) is 0 Å². The fourth-order valence-corrected chi connectivity index (χ4v) is 1.42. The molecule has 0 saturated heterocycles. The number of hydrogen-bond acceptors (Lipinski definition) is 2. The summed E-state index contributed by atoms with van der Waals surface area (Å²) in [5.74, 6) is 0. The van der Waals surface area contributed by atoms with E-state index in [0.29, 0.717) is 0 Å². The highest BCUT2D eigenvalue weighted by molar-refractivity contribution is 5.61. The molecule has 1 aromatic carbocycles. The minimum absolute atomic E-state index is 1.05. The summed E-state index contributed by atoms with van der Waals surface area (Å²) < 4.78 is 0. The van der Waals surface area contributed by atoms with E-state index in [1.165, 1.54) is 17.5 Å². The van der Waals surface area contributed by atoms with Crippen LogP contribution in [-0.4, -0.2) is 17.7 Å². The molecule has 1 aliphatic heterocycles. The molecule has 0 aliphatic carbocycles. The summed E-state index contributed by atoms with van der Waals surface area (Å²) in [5.41, 5.74) is 7.01. The number of fused-ring (bicyclic) bond motifs is 1. The zero-order valence-corrected chi connectivity index (χ0v) is 7.86. The first kappa shape index (κ1) is 10.5. The molecule has 0 bridgehead atoms. The number of nitrogens with two attached hydrogens (primary N) is 1. The number of carbonyl (C=O) groups is 1. The van der Waals surface area contributed by atoms with E-state index in [4.69, 9.17) is 9.90 Å². The first-order chi connectivity index (χ1) is 6.70. The van der Waals surface area contributed by atoms with Gasteiger partial charge < -0.3 is 16.2 Å².